The number of rotatable bonds is 7. The summed E-state index contributed by atoms with van der Waals surface area (Å²) in [4.78, 5) is 4.28. The first-order valence-corrected chi connectivity index (χ1v) is 15.8. The van der Waals surface area contributed by atoms with Crippen LogP contribution in [-0.4, -0.2) is 66.0 Å². The molecule has 1 heterocycles. The Hall–Kier alpha value is -3.22. The largest absolute Gasteiger partial charge is 0.430 e. The number of aliphatic hydroxyl groups is 2. The minimum atomic E-state index is -5.88. The molecule has 0 radical (unpaired) electrons. The number of halogens is 13. The Morgan fingerprint density at radius 3 is 1.34 bits per heavy atom. The molecule has 5 nitrogen and oxygen atoms in total. The lowest BCUT2D eigenvalue weighted by molar-refractivity contribution is -0.376. The second-order valence-electron chi connectivity index (χ2n) is 11.6. The number of nitrogens with two attached hydrogens (primary N) is 1. The van der Waals surface area contributed by atoms with Crippen molar-refractivity contribution in [2.24, 2.45) is 0 Å². The zero-order chi connectivity index (χ0) is 37.9. The Kier molecular flexibility index (Phi) is 12.5. The van der Waals surface area contributed by atoms with Gasteiger partial charge in [-0.2, -0.15) is 52.7 Å². The van der Waals surface area contributed by atoms with E-state index < -0.39 is 47.0 Å². The summed E-state index contributed by atoms with van der Waals surface area (Å²) >= 11 is 3.00. The smallest absolute Gasteiger partial charge is 0.399 e. The van der Waals surface area contributed by atoms with Crippen molar-refractivity contribution in [1.82, 2.24) is 4.90 Å². The van der Waals surface area contributed by atoms with E-state index in [1.807, 2.05) is 31.3 Å². The van der Waals surface area contributed by atoms with E-state index in [2.05, 4.69) is 25.7 Å². The second-order valence-corrected chi connectivity index (χ2v) is 12.2. The van der Waals surface area contributed by atoms with E-state index in [1.165, 1.54) is 12.1 Å². The van der Waals surface area contributed by atoms with Crippen LogP contribution < -0.4 is 10.6 Å². The van der Waals surface area contributed by atoms with Gasteiger partial charge in [-0.3, -0.25) is 4.90 Å². The van der Waals surface area contributed by atoms with Gasteiger partial charge in [0.25, 0.3) is 11.2 Å². The van der Waals surface area contributed by atoms with Crippen molar-refractivity contribution < 1.29 is 62.9 Å². The number of hydrogen-bond acceptors (Lipinski definition) is 5. The molecular formula is C32H32BrF12N3O2. The Balaban J connectivity index is 0.000000319. The van der Waals surface area contributed by atoms with Crippen molar-refractivity contribution in [1.29, 1.82) is 0 Å². The zero-order valence-electron chi connectivity index (χ0n) is 26.0. The summed E-state index contributed by atoms with van der Waals surface area (Å²) in [5.41, 5.74) is -3.73. The van der Waals surface area contributed by atoms with Gasteiger partial charge in [0.2, 0.25) is 0 Å². The van der Waals surface area contributed by atoms with E-state index in [9.17, 15) is 57.8 Å². The maximum Gasteiger partial charge on any atom is 0.430 e. The van der Waals surface area contributed by atoms with Crippen molar-refractivity contribution in [3.63, 3.8) is 0 Å². The highest BCUT2D eigenvalue weighted by Crippen LogP contribution is 2.51. The normalized spacial score (nSPS) is 15.8. The maximum atomic E-state index is 13.0. The van der Waals surface area contributed by atoms with Gasteiger partial charge in [-0.1, -0.05) is 64.5 Å². The number of hydrogen-bond donors (Lipinski definition) is 3. The summed E-state index contributed by atoms with van der Waals surface area (Å²) in [5.74, 6) is 0. The molecule has 0 aliphatic carbocycles. The number of benzene rings is 3. The lowest BCUT2D eigenvalue weighted by Crippen LogP contribution is -2.53. The third-order valence-electron chi connectivity index (χ3n) is 8.35. The van der Waals surface area contributed by atoms with Crippen molar-refractivity contribution in [2.45, 2.75) is 66.7 Å². The van der Waals surface area contributed by atoms with Gasteiger partial charge in [-0.25, -0.2) is 0 Å². The number of likely N-dealkylation sites (tertiary alicyclic amines) is 1. The number of nitrogens with zero attached hydrogens (tertiary/aromatic N) is 2. The molecule has 0 unspecified atom stereocenters. The van der Waals surface area contributed by atoms with Crippen molar-refractivity contribution in [2.75, 3.05) is 30.8 Å². The van der Waals surface area contributed by atoms with Crippen LogP contribution in [-0.2, 0) is 23.1 Å². The lowest BCUT2D eigenvalue weighted by atomic mass is 9.91. The van der Waals surface area contributed by atoms with E-state index in [0.29, 0.717) is 53.7 Å². The molecule has 4 rings (SSSR count). The molecule has 0 spiro atoms. The van der Waals surface area contributed by atoms with Crippen LogP contribution in [0.3, 0.4) is 0 Å². The lowest BCUT2D eigenvalue weighted by Gasteiger charge is -2.38. The van der Waals surface area contributed by atoms with Gasteiger partial charge in [0.05, 0.1) is 0 Å². The van der Waals surface area contributed by atoms with Crippen LogP contribution in [0.25, 0.3) is 0 Å². The molecule has 1 aliphatic rings. The number of nitrogen functional groups attached to an aromatic ring is 1. The van der Waals surface area contributed by atoms with Crippen LogP contribution in [0.1, 0.15) is 35.1 Å². The Labute approximate surface area is 287 Å². The molecule has 0 atom stereocenters. The van der Waals surface area contributed by atoms with Crippen molar-refractivity contribution in [3.05, 3.63) is 95.1 Å². The number of piperidine rings is 1. The molecular weight excluding hydrogens is 766 g/mol. The molecule has 0 amide bonds. The van der Waals surface area contributed by atoms with Crippen molar-refractivity contribution in [3.8, 4) is 0 Å². The van der Waals surface area contributed by atoms with Crippen LogP contribution in [0, 0.1) is 0 Å². The van der Waals surface area contributed by atoms with Crippen molar-refractivity contribution >= 4 is 27.3 Å². The van der Waals surface area contributed by atoms with E-state index in [0.717, 1.165) is 43.8 Å². The predicted octanol–water partition coefficient (Wildman–Crippen LogP) is 8.58. The SMILES string of the molecule is CN(c1ccc(N)cc1)C1CCN(Cc2ccc(C(O)(C(F)(F)F)C(F)(F)F)cc2)CC1.OC(c1ccc(CBr)cc1)(C(F)(F)F)C(F)(F)F. The van der Waals surface area contributed by atoms with Gasteiger partial charge >= 0.3 is 24.7 Å². The molecule has 1 saturated heterocycles. The fourth-order valence-electron chi connectivity index (χ4n) is 5.31. The molecule has 3 aromatic carbocycles. The highest BCUT2D eigenvalue weighted by Gasteiger charge is 2.72. The molecule has 0 aromatic heterocycles. The molecule has 18 heteroatoms. The average Bonchev–Trinajstić information content (AvgIpc) is 3.03. The molecule has 3 aromatic rings. The minimum Gasteiger partial charge on any atom is -0.399 e. The van der Waals surface area contributed by atoms with E-state index in [4.69, 9.17) is 10.8 Å². The summed E-state index contributed by atoms with van der Waals surface area (Å²) in [6.07, 6.45) is -21.7. The molecule has 1 aliphatic heterocycles. The Bertz CT molecular complexity index is 1490. The standard InChI is InChI=1S/C22H25F6N3O.C10H7BrF6O/c1-30(18-8-6-17(29)7-9-18)19-10-12-31(13-11-19)14-15-2-4-16(5-3-15)20(32,21(23,24)25)22(26,27)28;11-5-6-1-3-7(4-2-6)8(18,9(12,13)14)10(15,16)17/h2-9,19,32H,10-14,29H2,1H3;1-4,18H,5H2. The summed E-state index contributed by atoms with van der Waals surface area (Å²) in [6, 6.07) is 15.0. The minimum absolute atomic E-state index is 0.281. The van der Waals surface area contributed by atoms with Crippen LogP contribution in [0.2, 0.25) is 0 Å². The fraction of sp³-hybridized carbons (Fsp3) is 0.438. The monoisotopic (exact) mass is 797 g/mol. The summed E-state index contributed by atoms with van der Waals surface area (Å²) in [5, 5.41) is 18.8. The molecule has 1 fully saturated rings. The number of alkyl halides is 13. The van der Waals surface area contributed by atoms with E-state index in [1.54, 1.807) is 0 Å². The molecule has 0 bridgehead atoms. The van der Waals surface area contributed by atoms with Gasteiger partial charge in [0.1, 0.15) is 0 Å². The van der Waals surface area contributed by atoms with Crippen LogP contribution in [0.5, 0.6) is 0 Å². The average molecular weight is 799 g/mol. The predicted molar refractivity (Wildman–Crippen MR) is 165 cm³/mol. The van der Waals surface area contributed by atoms with Crippen LogP contribution >= 0.6 is 15.9 Å². The first-order chi connectivity index (χ1) is 22.9. The molecule has 0 saturated carbocycles. The Morgan fingerprint density at radius 1 is 0.640 bits per heavy atom. The van der Waals surface area contributed by atoms with E-state index in [-0.39, 0.29) is 5.33 Å². The maximum absolute atomic E-state index is 13.0. The van der Waals surface area contributed by atoms with E-state index >= 15 is 0 Å². The van der Waals surface area contributed by atoms with Gasteiger partial charge in [0.15, 0.2) is 0 Å². The summed E-state index contributed by atoms with van der Waals surface area (Å²) < 4.78 is 153. The van der Waals surface area contributed by atoms with Gasteiger partial charge in [-0.05, 0) is 48.2 Å². The molecule has 50 heavy (non-hydrogen) atoms. The highest BCUT2D eigenvalue weighted by molar-refractivity contribution is 9.08. The quantitative estimate of drug-likeness (QED) is 0.127. The van der Waals surface area contributed by atoms with Gasteiger partial charge in [-0.15, -0.1) is 0 Å². The summed E-state index contributed by atoms with van der Waals surface area (Å²) in [6.45, 7) is 1.87. The Morgan fingerprint density at radius 2 is 1.00 bits per heavy atom. The second kappa shape index (κ2) is 15.2. The first-order valence-electron chi connectivity index (χ1n) is 14.6. The van der Waals surface area contributed by atoms with Gasteiger partial charge in [0, 0.05) is 60.6 Å². The zero-order valence-corrected chi connectivity index (χ0v) is 27.6. The third kappa shape index (κ3) is 8.80. The third-order valence-corrected chi connectivity index (χ3v) is 9.00. The van der Waals surface area contributed by atoms with Crippen LogP contribution in [0.15, 0.2) is 72.8 Å². The number of anilines is 2. The topological polar surface area (TPSA) is 73.0 Å². The summed E-state index contributed by atoms with van der Waals surface area (Å²) in [7, 11) is 2.01. The van der Waals surface area contributed by atoms with Gasteiger partial charge < -0.3 is 20.8 Å². The molecule has 278 valence electrons. The highest BCUT2D eigenvalue weighted by atomic mass is 79.9. The van der Waals surface area contributed by atoms with Crippen LogP contribution in [0.4, 0.5) is 64.1 Å². The molecule has 4 N–H and O–H groups in total. The fourth-order valence-corrected chi connectivity index (χ4v) is 5.68. The first kappa shape index (κ1) is 41.2.